The van der Waals surface area contributed by atoms with Crippen LogP contribution in [0.1, 0.15) is 53.4 Å². The summed E-state index contributed by atoms with van der Waals surface area (Å²) in [6.45, 7) is 10.1. The van der Waals surface area contributed by atoms with Gasteiger partial charge in [-0.05, 0) is 39.2 Å². The first-order valence-electron chi connectivity index (χ1n) is 10.4. The number of ketones is 1. The van der Waals surface area contributed by atoms with E-state index in [1.807, 2.05) is 0 Å². The number of aliphatic carboxylic acids is 1. The Labute approximate surface area is 188 Å². The van der Waals surface area contributed by atoms with Gasteiger partial charge in [-0.25, -0.2) is 4.89 Å². The van der Waals surface area contributed by atoms with Crippen molar-refractivity contribution in [3.63, 3.8) is 0 Å². The molecule has 0 unspecified atom stereocenters. The third kappa shape index (κ3) is 8.66. The van der Waals surface area contributed by atoms with Crippen molar-refractivity contribution in [2.24, 2.45) is 11.8 Å². The van der Waals surface area contributed by atoms with Crippen molar-refractivity contribution < 1.29 is 43.8 Å². The number of methoxy groups -OCH3 is 1. The van der Waals surface area contributed by atoms with Crippen LogP contribution in [0.2, 0.25) is 0 Å². The SMILES string of the molecule is C=C(CCCC(C)=O)[C@@H]1[C@@H](OC(C)=O)O[C@H](OC)/C(=C\C=C\C(C)(C)OO)[C@H]1CC(=O)O. The molecule has 0 aromatic heterocycles. The minimum Gasteiger partial charge on any atom is -0.481 e. The van der Waals surface area contributed by atoms with Crippen LogP contribution in [-0.2, 0) is 33.5 Å². The number of carboxylic acid groups (broad SMARTS) is 1. The Hall–Kier alpha value is -2.33. The van der Waals surface area contributed by atoms with Crippen LogP contribution in [0.3, 0.4) is 0 Å². The summed E-state index contributed by atoms with van der Waals surface area (Å²) in [6.07, 6.45) is 3.82. The second-order valence-electron chi connectivity index (χ2n) is 8.35. The average molecular weight is 455 g/mol. The minimum atomic E-state index is -1.09. The van der Waals surface area contributed by atoms with Crippen molar-refractivity contribution >= 4 is 17.7 Å². The maximum absolute atomic E-state index is 11.7. The van der Waals surface area contributed by atoms with Crippen molar-refractivity contribution in [2.45, 2.75) is 71.6 Å². The summed E-state index contributed by atoms with van der Waals surface area (Å²) < 4.78 is 16.6. The van der Waals surface area contributed by atoms with Crippen molar-refractivity contribution in [2.75, 3.05) is 7.11 Å². The van der Waals surface area contributed by atoms with Crippen LogP contribution in [0.5, 0.6) is 0 Å². The maximum Gasteiger partial charge on any atom is 0.304 e. The van der Waals surface area contributed by atoms with E-state index >= 15 is 0 Å². The van der Waals surface area contributed by atoms with E-state index in [0.717, 1.165) is 0 Å². The number of rotatable bonds is 12. The fourth-order valence-electron chi connectivity index (χ4n) is 3.58. The summed E-state index contributed by atoms with van der Waals surface area (Å²) in [5, 5.41) is 18.6. The molecule has 1 rings (SSSR count). The molecule has 0 aromatic carbocycles. The van der Waals surface area contributed by atoms with Gasteiger partial charge in [0, 0.05) is 32.3 Å². The molecule has 2 N–H and O–H groups in total. The predicted molar refractivity (Wildman–Crippen MR) is 115 cm³/mol. The number of allylic oxidation sites excluding steroid dienone is 2. The van der Waals surface area contributed by atoms with E-state index in [9.17, 15) is 19.5 Å². The number of carbonyl (C=O) groups is 3. The molecular weight excluding hydrogens is 420 g/mol. The van der Waals surface area contributed by atoms with Gasteiger partial charge in [0.05, 0.1) is 6.42 Å². The zero-order chi connectivity index (χ0) is 24.5. The molecule has 0 aliphatic carbocycles. The zero-order valence-corrected chi connectivity index (χ0v) is 19.3. The number of Topliss-reactive ketones (excluding diaryl/α,β-unsaturated/α-hetero) is 1. The molecule has 1 saturated heterocycles. The van der Waals surface area contributed by atoms with Crippen LogP contribution in [0, 0.1) is 11.8 Å². The largest absolute Gasteiger partial charge is 0.481 e. The molecular formula is C23H34O9. The van der Waals surface area contributed by atoms with E-state index in [-0.39, 0.29) is 12.2 Å². The lowest BCUT2D eigenvalue weighted by atomic mass is 9.75. The highest BCUT2D eigenvalue weighted by Gasteiger charge is 2.45. The third-order valence-electron chi connectivity index (χ3n) is 5.10. The average Bonchev–Trinajstić information content (AvgIpc) is 2.67. The lowest BCUT2D eigenvalue weighted by molar-refractivity contribution is -0.297. The topological polar surface area (TPSA) is 129 Å². The minimum absolute atomic E-state index is 0.0372. The van der Waals surface area contributed by atoms with Crippen molar-refractivity contribution in [3.8, 4) is 0 Å². The first-order valence-corrected chi connectivity index (χ1v) is 10.4. The Kier molecular flexibility index (Phi) is 10.9. The van der Waals surface area contributed by atoms with Crippen LogP contribution < -0.4 is 0 Å². The molecule has 0 amide bonds. The predicted octanol–water partition coefficient (Wildman–Crippen LogP) is 3.65. The van der Waals surface area contributed by atoms with Gasteiger partial charge in [-0.3, -0.25) is 14.8 Å². The number of hydrogen-bond acceptors (Lipinski definition) is 8. The summed E-state index contributed by atoms with van der Waals surface area (Å²) >= 11 is 0. The summed E-state index contributed by atoms with van der Waals surface area (Å²) in [4.78, 5) is 39.1. The van der Waals surface area contributed by atoms with Crippen LogP contribution >= 0.6 is 0 Å². The third-order valence-corrected chi connectivity index (χ3v) is 5.10. The first kappa shape index (κ1) is 27.7. The van der Waals surface area contributed by atoms with E-state index < -0.39 is 42.0 Å². The molecule has 0 spiro atoms. The Balaban J connectivity index is 3.40. The van der Waals surface area contributed by atoms with Crippen molar-refractivity contribution in [3.05, 3.63) is 36.0 Å². The molecule has 180 valence electrons. The first-order chi connectivity index (χ1) is 14.9. The van der Waals surface area contributed by atoms with Gasteiger partial charge in [0.1, 0.15) is 11.4 Å². The van der Waals surface area contributed by atoms with Gasteiger partial charge in [-0.15, -0.1) is 0 Å². The van der Waals surface area contributed by atoms with Crippen LogP contribution in [0.25, 0.3) is 0 Å². The Morgan fingerprint density at radius 1 is 1.22 bits per heavy atom. The Morgan fingerprint density at radius 3 is 2.38 bits per heavy atom. The smallest absolute Gasteiger partial charge is 0.304 e. The molecule has 0 aromatic rings. The highest BCUT2D eigenvalue weighted by atomic mass is 17.1. The van der Waals surface area contributed by atoms with Gasteiger partial charge in [-0.1, -0.05) is 30.4 Å². The number of carboxylic acids is 1. The van der Waals surface area contributed by atoms with E-state index in [1.54, 1.807) is 32.1 Å². The molecule has 0 bridgehead atoms. The highest BCUT2D eigenvalue weighted by molar-refractivity contribution is 5.75. The molecule has 9 heteroatoms. The van der Waals surface area contributed by atoms with Crippen LogP contribution in [0.4, 0.5) is 0 Å². The quantitative estimate of drug-likeness (QED) is 0.196. The normalized spacial score (nSPS) is 25.1. The molecule has 1 heterocycles. The van der Waals surface area contributed by atoms with Crippen molar-refractivity contribution in [1.82, 2.24) is 0 Å². The highest BCUT2D eigenvalue weighted by Crippen LogP contribution is 2.43. The molecule has 1 aliphatic heterocycles. The second-order valence-corrected chi connectivity index (χ2v) is 8.35. The number of ether oxygens (including phenoxy) is 3. The monoisotopic (exact) mass is 454 g/mol. The van der Waals surface area contributed by atoms with Gasteiger partial charge in [0.25, 0.3) is 0 Å². The molecule has 4 atom stereocenters. The molecule has 0 saturated carbocycles. The van der Waals surface area contributed by atoms with E-state index in [1.165, 1.54) is 21.0 Å². The summed E-state index contributed by atoms with van der Waals surface area (Å²) in [5.74, 6) is -2.91. The Bertz CT molecular complexity index is 751. The summed E-state index contributed by atoms with van der Waals surface area (Å²) in [6, 6.07) is 0. The van der Waals surface area contributed by atoms with Crippen LogP contribution in [-0.4, -0.2) is 53.4 Å². The molecule has 1 fully saturated rings. The van der Waals surface area contributed by atoms with Gasteiger partial charge in [-0.2, -0.15) is 0 Å². The van der Waals surface area contributed by atoms with E-state index in [0.29, 0.717) is 30.4 Å². The molecule has 0 radical (unpaired) electrons. The van der Waals surface area contributed by atoms with Crippen molar-refractivity contribution in [1.29, 1.82) is 0 Å². The number of esters is 1. The summed E-state index contributed by atoms with van der Waals surface area (Å²) in [5.41, 5.74) is 0.168. The van der Waals surface area contributed by atoms with Gasteiger partial charge in [0.2, 0.25) is 6.29 Å². The number of hydrogen-bond donors (Lipinski definition) is 2. The number of carbonyl (C=O) groups excluding carboxylic acids is 2. The van der Waals surface area contributed by atoms with Crippen LogP contribution in [0.15, 0.2) is 36.0 Å². The van der Waals surface area contributed by atoms with E-state index in [4.69, 9.17) is 19.5 Å². The fourth-order valence-corrected chi connectivity index (χ4v) is 3.58. The molecule has 9 nitrogen and oxygen atoms in total. The maximum atomic E-state index is 11.7. The second kappa shape index (κ2) is 12.6. The summed E-state index contributed by atoms with van der Waals surface area (Å²) in [7, 11) is 1.40. The van der Waals surface area contributed by atoms with Gasteiger partial charge in [0.15, 0.2) is 6.29 Å². The molecule has 1 aliphatic rings. The van der Waals surface area contributed by atoms with Gasteiger partial charge < -0.3 is 24.1 Å². The fraction of sp³-hybridized carbons (Fsp3) is 0.609. The standard InChI is InChI=1S/C23H34O9/c1-14(9-7-10-15(2)24)20-18(13-19(26)27)17(11-8-12-23(4,5)32-28)21(29-6)31-22(20)30-16(3)25/h8,11-12,18,20-22,28H,1,7,9-10,13H2,2-6H3,(H,26,27)/b12-8+,17-11-/t18-,20+,21+,22+/m1/s1. The lowest BCUT2D eigenvalue weighted by Gasteiger charge is -2.43. The lowest BCUT2D eigenvalue weighted by Crippen LogP contribution is -2.47. The molecule has 32 heavy (non-hydrogen) atoms. The Morgan fingerprint density at radius 2 is 1.88 bits per heavy atom. The van der Waals surface area contributed by atoms with Gasteiger partial charge >= 0.3 is 11.9 Å². The van der Waals surface area contributed by atoms with E-state index in [2.05, 4.69) is 11.5 Å². The zero-order valence-electron chi connectivity index (χ0n) is 19.3.